The van der Waals surface area contributed by atoms with Crippen LogP contribution in [0.3, 0.4) is 0 Å². The van der Waals surface area contributed by atoms with E-state index in [4.69, 9.17) is 0 Å². The third kappa shape index (κ3) is 3.05. The summed E-state index contributed by atoms with van der Waals surface area (Å²) in [7, 11) is 0. The number of rotatable bonds is 3. The maximum Gasteiger partial charge on any atom is 0.285 e. The molecule has 0 spiro atoms. The normalized spacial score (nSPS) is 10.2. The lowest BCUT2D eigenvalue weighted by molar-refractivity contribution is -0.385. The SMILES string of the molecule is O=C(Nc1ccc(=O)[nH]n1)c1cc(F)c(F)cc1[N+](=O)[O-]. The van der Waals surface area contributed by atoms with Crippen LogP contribution in [0.25, 0.3) is 0 Å². The van der Waals surface area contributed by atoms with Gasteiger partial charge in [-0.3, -0.25) is 19.7 Å². The Morgan fingerprint density at radius 2 is 1.95 bits per heavy atom. The number of aromatic nitrogens is 2. The highest BCUT2D eigenvalue weighted by Gasteiger charge is 2.24. The van der Waals surface area contributed by atoms with E-state index in [1.54, 1.807) is 0 Å². The molecule has 0 aliphatic heterocycles. The lowest BCUT2D eigenvalue weighted by Crippen LogP contribution is -2.17. The van der Waals surface area contributed by atoms with E-state index in [2.05, 4.69) is 10.4 Å². The molecule has 2 aromatic rings. The molecular formula is C11H6F2N4O4. The first kappa shape index (κ1) is 14.2. The summed E-state index contributed by atoms with van der Waals surface area (Å²) in [6.07, 6.45) is 0. The fraction of sp³-hybridized carbons (Fsp3) is 0. The molecule has 0 bridgehead atoms. The summed E-state index contributed by atoms with van der Waals surface area (Å²) < 4.78 is 26.1. The number of nitro groups is 1. The predicted molar refractivity (Wildman–Crippen MR) is 65.8 cm³/mol. The Labute approximate surface area is 114 Å². The molecule has 0 atom stereocenters. The van der Waals surface area contributed by atoms with Crippen LogP contribution in [0.4, 0.5) is 20.3 Å². The van der Waals surface area contributed by atoms with Crippen molar-refractivity contribution in [3.8, 4) is 0 Å². The number of halogens is 2. The third-order valence-electron chi connectivity index (χ3n) is 2.40. The van der Waals surface area contributed by atoms with Crippen molar-refractivity contribution < 1.29 is 18.5 Å². The number of nitrogens with zero attached hydrogens (tertiary/aromatic N) is 2. The highest BCUT2D eigenvalue weighted by molar-refractivity contribution is 6.06. The Balaban J connectivity index is 2.38. The molecule has 108 valence electrons. The lowest BCUT2D eigenvalue weighted by atomic mass is 10.1. The number of hydrogen-bond donors (Lipinski definition) is 2. The largest absolute Gasteiger partial charge is 0.305 e. The van der Waals surface area contributed by atoms with Crippen LogP contribution in [-0.4, -0.2) is 21.0 Å². The highest BCUT2D eigenvalue weighted by Crippen LogP contribution is 2.23. The van der Waals surface area contributed by atoms with Gasteiger partial charge < -0.3 is 5.32 Å². The number of benzene rings is 1. The topological polar surface area (TPSA) is 118 Å². The number of hydrogen-bond acceptors (Lipinski definition) is 5. The molecule has 0 radical (unpaired) electrons. The molecule has 0 aliphatic carbocycles. The standard InChI is InChI=1S/C11H6F2N4O4/c12-6-3-5(8(17(20)21)4-7(6)13)11(19)14-9-1-2-10(18)16-15-9/h1-4H,(H,16,18)(H,14,15,19). The van der Waals surface area contributed by atoms with Crippen LogP contribution in [0.5, 0.6) is 0 Å². The van der Waals surface area contributed by atoms with E-state index in [0.717, 1.165) is 12.1 Å². The first-order chi connectivity index (χ1) is 9.88. The predicted octanol–water partition coefficient (Wildman–Crippen LogP) is 1.21. The van der Waals surface area contributed by atoms with Crippen LogP contribution in [0.2, 0.25) is 0 Å². The molecule has 2 N–H and O–H groups in total. The maximum absolute atomic E-state index is 13.1. The van der Waals surface area contributed by atoms with E-state index in [0.29, 0.717) is 12.1 Å². The van der Waals surface area contributed by atoms with Gasteiger partial charge in [0.2, 0.25) is 0 Å². The summed E-state index contributed by atoms with van der Waals surface area (Å²) in [4.78, 5) is 32.4. The monoisotopic (exact) mass is 296 g/mol. The lowest BCUT2D eigenvalue weighted by Gasteiger charge is -2.05. The van der Waals surface area contributed by atoms with Crippen molar-refractivity contribution in [3.63, 3.8) is 0 Å². The summed E-state index contributed by atoms with van der Waals surface area (Å²) in [5, 5.41) is 18.4. The molecule has 0 saturated carbocycles. The minimum atomic E-state index is -1.44. The number of nitro benzene ring substituents is 1. The van der Waals surface area contributed by atoms with Crippen molar-refractivity contribution in [3.05, 3.63) is 61.9 Å². The zero-order valence-electron chi connectivity index (χ0n) is 10.1. The second kappa shape index (κ2) is 5.45. The van der Waals surface area contributed by atoms with Crippen molar-refractivity contribution in [1.82, 2.24) is 10.2 Å². The minimum Gasteiger partial charge on any atom is -0.305 e. The van der Waals surface area contributed by atoms with E-state index in [9.17, 15) is 28.5 Å². The number of anilines is 1. The molecular weight excluding hydrogens is 290 g/mol. The van der Waals surface area contributed by atoms with Crippen LogP contribution >= 0.6 is 0 Å². The molecule has 1 aromatic carbocycles. The number of carbonyl (C=O) groups excluding carboxylic acids is 1. The quantitative estimate of drug-likeness (QED) is 0.652. The molecule has 0 aliphatic rings. The van der Waals surface area contributed by atoms with Gasteiger partial charge in [0.25, 0.3) is 17.2 Å². The van der Waals surface area contributed by atoms with Crippen molar-refractivity contribution >= 4 is 17.4 Å². The van der Waals surface area contributed by atoms with Crippen molar-refractivity contribution in [2.24, 2.45) is 0 Å². The average Bonchev–Trinajstić information content (AvgIpc) is 2.43. The Bertz CT molecular complexity index is 770. The third-order valence-corrected chi connectivity index (χ3v) is 2.40. The molecule has 21 heavy (non-hydrogen) atoms. The van der Waals surface area contributed by atoms with Gasteiger partial charge in [0.05, 0.1) is 11.0 Å². The smallest absolute Gasteiger partial charge is 0.285 e. The van der Waals surface area contributed by atoms with Gasteiger partial charge in [-0.1, -0.05) is 0 Å². The minimum absolute atomic E-state index is 0.112. The average molecular weight is 296 g/mol. The summed E-state index contributed by atoms with van der Waals surface area (Å²) in [5.41, 5.74) is -2.09. The second-order valence-corrected chi connectivity index (χ2v) is 3.80. The number of aromatic amines is 1. The van der Waals surface area contributed by atoms with E-state index >= 15 is 0 Å². The van der Waals surface area contributed by atoms with Crippen molar-refractivity contribution in [2.45, 2.75) is 0 Å². The summed E-state index contributed by atoms with van der Waals surface area (Å²) >= 11 is 0. The molecule has 8 nitrogen and oxygen atoms in total. The maximum atomic E-state index is 13.1. The Hall–Kier alpha value is -3.17. The second-order valence-electron chi connectivity index (χ2n) is 3.80. The number of H-pyrrole nitrogens is 1. The summed E-state index contributed by atoms with van der Waals surface area (Å²) in [5.74, 6) is -4.03. The molecule has 2 rings (SSSR count). The zero-order valence-corrected chi connectivity index (χ0v) is 10.1. The van der Waals surface area contributed by atoms with Crippen LogP contribution < -0.4 is 10.9 Å². The van der Waals surface area contributed by atoms with E-state index in [-0.39, 0.29) is 5.82 Å². The van der Waals surface area contributed by atoms with Gasteiger partial charge >= 0.3 is 0 Å². The van der Waals surface area contributed by atoms with E-state index in [1.807, 2.05) is 5.10 Å². The van der Waals surface area contributed by atoms with Crippen LogP contribution in [0.1, 0.15) is 10.4 Å². The van der Waals surface area contributed by atoms with Crippen LogP contribution in [0, 0.1) is 21.7 Å². The Morgan fingerprint density at radius 3 is 2.52 bits per heavy atom. The van der Waals surface area contributed by atoms with Gasteiger partial charge in [0.15, 0.2) is 17.5 Å². The van der Waals surface area contributed by atoms with Gasteiger partial charge in [-0.25, -0.2) is 13.9 Å². The van der Waals surface area contributed by atoms with Crippen LogP contribution in [-0.2, 0) is 0 Å². The van der Waals surface area contributed by atoms with E-state index < -0.39 is 39.3 Å². The Kier molecular flexibility index (Phi) is 3.69. The first-order valence-electron chi connectivity index (χ1n) is 5.39. The molecule has 0 fully saturated rings. The zero-order chi connectivity index (χ0) is 15.6. The van der Waals surface area contributed by atoms with Crippen molar-refractivity contribution in [2.75, 3.05) is 5.32 Å². The first-order valence-corrected chi connectivity index (χ1v) is 5.39. The molecule has 1 heterocycles. The highest BCUT2D eigenvalue weighted by atomic mass is 19.2. The summed E-state index contributed by atoms with van der Waals surface area (Å²) in [6, 6.07) is 2.92. The molecule has 1 aromatic heterocycles. The molecule has 1 amide bonds. The molecule has 0 saturated heterocycles. The van der Waals surface area contributed by atoms with Gasteiger partial charge in [-0.2, -0.15) is 5.10 Å². The molecule has 10 heteroatoms. The summed E-state index contributed by atoms with van der Waals surface area (Å²) in [6.45, 7) is 0. The van der Waals surface area contributed by atoms with Gasteiger partial charge in [0, 0.05) is 6.07 Å². The van der Waals surface area contributed by atoms with Gasteiger partial charge in [-0.15, -0.1) is 0 Å². The fourth-order valence-electron chi connectivity index (χ4n) is 1.47. The number of amides is 1. The van der Waals surface area contributed by atoms with Gasteiger partial charge in [-0.05, 0) is 12.1 Å². The van der Waals surface area contributed by atoms with E-state index in [1.165, 1.54) is 0 Å². The molecule has 0 unspecified atom stereocenters. The Morgan fingerprint density at radius 1 is 1.29 bits per heavy atom. The van der Waals surface area contributed by atoms with Gasteiger partial charge in [0.1, 0.15) is 5.56 Å². The number of nitrogens with one attached hydrogen (secondary N) is 2. The van der Waals surface area contributed by atoms with Crippen LogP contribution in [0.15, 0.2) is 29.1 Å². The van der Waals surface area contributed by atoms with Crippen molar-refractivity contribution in [1.29, 1.82) is 0 Å². The number of carbonyl (C=O) groups is 1. The fourth-order valence-corrected chi connectivity index (χ4v) is 1.47.